The van der Waals surface area contributed by atoms with Crippen molar-refractivity contribution in [1.29, 1.82) is 0 Å². The number of carboxylic acid groups (broad SMARTS) is 1. The van der Waals surface area contributed by atoms with Gasteiger partial charge in [0.2, 0.25) is 5.91 Å². The van der Waals surface area contributed by atoms with Gasteiger partial charge in [0, 0.05) is 18.4 Å². The molecule has 0 saturated carbocycles. The zero-order chi connectivity index (χ0) is 15.3. The number of rotatable bonds is 4. The largest absolute Gasteiger partial charge is 0.550 e. The summed E-state index contributed by atoms with van der Waals surface area (Å²) >= 11 is 0. The summed E-state index contributed by atoms with van der Waals surface area (Å²) in [7, 11) is 0. The zero-order valence-electron chi connectivity index (χ0n) is 12.0. The molecule has 0 unspecified atom stereocenters. The number of carboxylic acids is 1. The fourth-order valence-corrected chi connectivity index (χ4v) is 3.95. The quantitative estimate of drug-likeness (QED) is 0.720. The standard InChI is InChI=1S/C17H17NO4/c19-15-14-13(16(20)21)12-6-8-17(14,22-12)10-18(15)9-7-11-4-2-1-3-5-11/h1-6,8,12-14H,7,9-10H2,(H,20,21)/p-1/t12-,13+,14+,17+/m0/s1. The van der Waals surface area contributed by atoms with Crippen LogP contribution >= 0.6 is 0 Å². The molecule has 1 aromatic rings. The zero-order valence-corrected chi connectivity index (χ0v) is 12.0. The van der Waals surface area contributed by atoms with Crippen LogP contribution < -0.4 is 5.11 Å². The van der Waals surface area contributed by atoms with Gasteiger partial charge in [-0.25, -0.2) is 0 Å². The molecule has 5 heteroatoms. The van der Waals surface area contributed by atoms with Gasteiger partial charge < -0.3 is 19.5 Å². The third-order valence-electron chi connectivity index (χ3n) is 4.96. The Labute approximate surface area is 128 Å². The maximum Gasteiger partial charge on any atom is 0.229 e. The molecule has 4 atom stereocenters. The highest BCUT2D eigenvalue weighted by atomic mass is 16.5. The van der Waals surface area contributed by atoms with Gasteiger partial charge in [-0.05, 0) is 12.0 Å². The summed E-state index contributed by atoms with van der Waals surface area (Å²) in [6.07, 6.45) is 3.85. The van der Waals surface area contributed by atoms with E-state index in [2.05, 4.69) is 0 Å². The summed E-state index contributed by atoms with van der Waals surface area (Å²) in [5, 5.41) is 11.4. The smallest absolute Gasteiger partial charge is 0.229 e. The number of aliphatic carboxylic acids is 1. The summed E-state index contributed by atoms with van der Waals surface area (Å²) in [4.78, 5) is 25.7. The molecule has 5 nitrogen and oxygen atoms in total. The average molecular weight is 298 g/mol. The topological polar surface area (TPSA) is 69.7 Å². The van der Waals surface area contributed by atoms with E-state index >= 15 is 0 Å². The van der Waals surface area contributed by atoms with E-state index in [1.54, 1.807) is 11.0 Å². The normalized spacial score (nSPS) is 35.2. The Hall–Kier alpha value is -2.14. The molecule has 1 aromatic carbocycles. The van der Waals surface area contributed by atoms with Crippen LogP contribution in [0, 0.1) is 11.8 Å². The molecule has 0 N–H and O–H groups in total. The lowest BCUT2D eigenvalue weighted by Gasteiger charge is -2.24. The number of fused-ring (bicyclic) bond motifs is 1. The van der Waals surface area contributed by atoms with E-state index in [4.69, 9.17) is 4.74 Å². The fraction of sp³-hybridized carbons (Fsp3) is 0.412. The molecule has 0 radical (unpaired) electrons. The van der Waals surface area contributed by atoms with E-state index in [1.807, 2.05) is 36.4 Å². The number of hydrogen-bond donors (Lipinski definition) is 0. The lowest BCUT2D eigenvalue weighted by Crippen LogP contribution is -2.45. The van der Waals surface area contributed by atoms with Crippen LogP contribution in [0.15, 0.2) is 42.5 Å². The summed E-state index contributed by atoms with van der Waals surface area (Å²) < 4.78 is 5.82. The molecule has 1 amide bonds. The Morgan fingerprint density at radius 2 is 2.14 bits per heavy atom. The van der Waals surface area contributed by atoms with Crippen LogP contribution in [0.5, 0.6) is 0 Å². The van der Waals surface area contributed by atoms with Gasteiger partial charge in [0.05, 0.1) is 18.6 Å². The Morgan fingerprint density at radius 1 is 1.36 bits per heavy atom. The second-order valence-electron chi connectivity index (χ2n) is 6.21. The van der Waals surface area contributed by atoms with Gasteiger partial charge in [0.15, 0.2) is 0 Å². The van der Waals surface area contributed by atoms with Crippen molar-refractivity contribution >= 4 is 11.9 Å². The van der Waals surface area contributed by atoms with Crippen LogP contribution in [0.2, 0.25) is 0 Å². The van der Waals surface area contributed by atoms with Gasteiger partial charge in [0.25, 0.3) is 0 Å². The Morgan fingerprint density at radius 3 is 2.86 bits per heavy atom. The number of hydrogen-bond acceptors (Lipinski definition) is 4. The predicted molar refractivity (Wildman–Crippen MR) is 75.5 cm³/mol. The molecule has 4 rings (SSSR count). The first-order valence-corrected chi connectivity index (χ1v) is 7.51. The van der Waals surface area contributed by atoms with E-state index in [0.29, 0.717) is 13.1 Å². The highest BCUT2D eigenvalue weighted by Gasteiger charge is 2.65. The second-order valence-corrected chi connectivity index (χ2v) is 6.21. The van der Waals surface area contributed by atoms with Gasteiger partial charge >= 0.3 is 0 Å². The molecule has 3 heterocycles. The SMILES string of the molecule is O=C([O-])[C@@H]1[C@@H]2C=C[C@]3(CN(CCc4ccccc4)C(=O)[C@@H]13)O2. The third-order valence-corrected chi connectivity index (χ3v) is 4.96. The van der Waals surface area contributed by atoms with Crippen LogP contribution in [0.25, 0.3) is 0 Å². The van der Waals surface area contributed by atoms with Gasteiger partial charge in [-0.1, -0.05) is 42.5 Å². The molecule has 0 aliphatic carbocycles. The van der Waals surface area contributed by atoms with Gasteiger partial charge in [-0.2, -0.15) is 0 Å². The molecule has 2 saturated heterocycles. The first-order chi connectivity index (χ1) is 10.6. The lowest BCUT2D eigenvalue weighted by molar-refractivity contribution is -0.313. The van der Waals surface area contributed by atoms with Crippen LogP contribution in [0.1, 0.15) is 5.56 Å². The number of amides is 1. The van der Waals surface area contributed by atoms with E-state index in [0.717, 1.165) is 12.0 Å². The monoisotopic (exact) mass is 298 g/mol. The number of benzene rings is 1. The molecule has 1 spiro atoms. The third kappa shape index (κ3) is 1.82. The Balaban J connectivity index is 1.53. The van der Waals surface area contributed by atoms with E-state index < -0.39 is 29.5 Å². The molecule has 3 aliphatic heterocycles. The molecule has 2 bridgehead atoms. The van der Waals surface area contributed by atoms with E-state index in [1.165, 1.54) is 0 Å². The molecule has 114 valence electrons. The fourth-order valence-electron chi connectivity index (χ4n) is 3.95. The van der Waals surface area contributed by atoms with Gasteiger partial charge in [-0.3, -0.25) is 4.79 Å². The summed E-state index contributed by atoms with van der Waals surface area (Å²) in [6, 6.07) is 9.93. The van der Waals surface area contributed by atoms with Crippen LogP contribution in [0.3, 0.4) is 0 Å². The second kappa shape index (κ2) is 4.68. The predicted octanol–water partition coefficient (Wildman–Crippen LogP) is -0.239. The highest BCUT2D eigenvalue weighted by molar-refractivity contribution is 5.90. The van der Waals surface area contributed by atoms with Crippen LogP contribution in [-0.2, 0) is 20.7 Å². The highest BCUT2D eigenvalue weighted by Crippen LogP contribution is 2.51. The molecule has 3 aliphatic rings. The Bertz CT molecular complexity index is 656. The van der Waals surface area contributed by atoms with E-state index in [-0.39, 0.29) is 5.91 Å². The minimum Gasteiger partial charge on any atom is -0.550 e. The molecule has 22 heavy (non-hydrogen) atoms. The van der Waals surface area contributed by atoms with Crippen molar-refractivity contribution in [3.63, 3.8) is 0 Å². The average Bonchev–Trinajstić information content (AvgIpc) is 3.14. The number of likely N-dealkylation sites (tertiary alicyclic amines) is 1. The molecule has 2 fully saturated rings. The summed E-state index contributed by atoms with van der Waals surface area (Å²) in [5.41, 5.74) is 0.394. The number of nitrogens with zero attached hydrogens (tertiary/aromatic N) is 1. The van der Waals surface area contributed by atoms with Crippen molar-refractivity contribution in [3.05, 3.63) is 48.0 Å². The van der Waals surface area contributed by atoms with Crippen molar-refractivity contribution in [2.45, 2.75) is 18.1 Å². The summed E-state index contributed by atoms with van der Waals surface area (Å²) in [6.45, 7) is 1.00. The lowest BCUT2D eigenvalue weighted by atomic mass is 9.77. The van der Waals surface area contributed by atoms with Gasteiger partial charge in [0.1, 0.15) is 5.60 Å². The van der Waals surface area contributed by atoms with Crippen molar-refractivity contribution in [2.75, 3.05) is 13.1 Å². The maximum atomic E-state index is 12.6. The van der Waals surface area contributed by atoms with Crippen molar-refractivity contribution in [1.82, 2.24) is 4.90 Å². The Kier molecular flexibility index (Phi) is 2.87. The summed E-state index contributed by atoms with van der Waals surface area (Å²) in [5.74, 6) is -2.82. The van der Waals surface area contributed by atoms with Crippen LogP contribution in [0.4, 0.5) is 0 Å². The number of carbonyl (C=O) groups is 2. The van der Waals surface area contributed by atoms with Crippen LogP contribution in [-0.4, -0.2) is 41.6 Å². The van der Waals surface area contributed by atoms with E-state index in [9.17, 15) is 14.7 Å². The first kappa shape index (κ1) is 13.5. The minimum absolute atomic E-state index is 0.128. The molecular formula is C17H16NO4-. The molecular weight excluding hydrogens is 282 g/mol. The number of carbonyl (C=O) groups excluding carboxylic acids is 2. The molecule has 0 aromatic heterocycles. The maximum absolute atomic E-state index is 12.6. The van der Waals surface area contributed by atoms with Crippen molar-refractivity contribution in [3.8, 4) is 0 Å². The number of ether oxygens (including phenoxy) is 1. The van der Waals surface area contributed by atoms with Crippen molar-refractivity contribution < 1.29 is 19.4 Å². The minimum atomic E-state index is -1.19. The van der Waals surface area contributed by atoms with Crippen molar-refractivity contribution in [2.24, 2.45) is 11.8 Å². The first-order valence-electron chi connectivity index (χ1n) is 7.51. The van der Waals surface area contributed by atoms with Gasteiger partial charge in [-0.15, -0.1) is 0 Å².